The van der Waals surface area contributed by atoms with E-state index in [1.54, 1.807) is 16.7 Å². The average molecular weight is 1020 g/mol. The van der Waals surface area contributed by atoms with Gasteiger partial charge < -0.3 is 29.2 Å². The summed E-state index contributed by atoms with van der Waals surface area (Å²) >= 11 is 0. The van der Waals surface area contributed by atoms with Gasteiger partial charge in [0.25, 0.3) is 0 Å². The first-order chi connectivity index (χ1) is 35.9. The molecule has 0 bridgehead atoms. The maximum atomic E-state index is 15.8. The summed E-state index contributed by atoms with van der Waals surface area (Å²) in [5, 5.41) is 26.6. The van der Waals surface area contributed by atoms with Crippen LogP contribution in [0.25, 0.3) is 11.0 Å². The molecule has 3 aromatic rings. The molecule has 2 saturated heterocycles. The Morgan fingerprint density at radius 3 is 2.27 bits per heavy atom. The van der Waals surface area contributed by atoms with Crippen LogP contribution in [-0.4, -0.2) is 68.5 Å². The van der Waals surface area contributed by atoms with Crippen LogP contribution in [0.5, 0.6) is 0 Å². The Bertz CT molecular complexity index is 2830. The Morgan fingerprint density at radius 1 is 0.800 bits per heavy atom. The van der Waals surface area contributed by atoms with Crippen LogP contribution in [0.3, 0.4) is 0 Å². The topological polar surface area (TPSA) is 117 Å². The number of carbonyl (C=O) groups is 2. The van der Waals surface area contributed by atoms with Crippen LogP contribution < -0.4 is 0 Å². The number of hydrogen-bond acceptors (Lipinski definition) is 6. The Morgan fingerprint density at radius 2 is 1.52 bits per heavy atom. The Balaban J connectivity index is 0.932. The minimum Gasteiger partial charge on any atom is -0.392 e. The number of carbonyl (C=O) groups excluding carboxylic acids is 2. The van der Waals surface area contributed by atoms with Gasteiger partial charge in [0.2, 0.25) is 0 Å². The summed E-state index contributed by atoms with van der Waals surface area (Å²) in [7, 11) is 0. The van der Waals surface area contributed by atoms with E-state index < -0.39 is 34.1 Å². The second-order valence-corrected chi connectivity index (χ2v) is 29.8. The number of nitrogens with zero attached hydrogens (tertiary/aromatic N) is 1. The van der Waals surface area contributed by atoms with Gasteiger partial charge in [-0.3, -0.25) is 9.59 Å². The van der Waals surface area contributed by atoms with Gasteiger partial charge in [0.15, 0.2) is 5.78 Å². The Kier molecular flexibility index (Phi) is 11.5. The summed E-state index contributed by atoms with van der Waals surface area (Å²) in [6.45, 7) is 18.7. The lowest BCUT2D eigenvalue weighted by Crippen LogP contribution is -2.73. The van der Waals surface area contributed by atoms with Crippen molar-refractivity contribution in [2.45, 2.75) is 245 Å². The van der Waals surface area contributed by atoms with Gasteiger partial charge in [-0.1, -0.05) is 85.3 Å². The number of aromatic nitrogens is 2. The van der Waals surface area contributed by atoms with E-state index >= 15 is 9.59 Å². The van der Waals surface area contributed by atoms with E-state index in [1.807, 2.05) is 0 Å². The number of ketones is 2. The summed E-state index contributed by atoms with van der Waals surface area (Å²) in [6.07, 6.45) is 28.1. The number of allylic oxidation sites excluding steroid dienone is 1. The van der Waals surface area contributed by atoms with E-state index in [1.165, 1.54) is 84.7 Å². The number of aromatic amines is 1. The van der Waals surface area contributed by atoms with Crippen LogP contribution in [0, 0.1) is 62.1 Å². The second kappa shape index (κ2) is 17.2. The van der Waals surface area contributed by atoms with Crippen molar-refractivity contribution in [3.05, 3.63) is 69.1 Å². The molecule has 6 saturated carbocycles. The summed E-state index contributed by atoms with van der Waals surface area (Å²) < 4.78 is 14.7. The lowest BCUT2D eigenvalue weighted by atomic mass is 9.29. The van der Waals surface area contributed by atoms with Crippen LogP contribution in [-0.2, 0) is 44.9 Å². The molecule has 75 heavy (non-hydrogen) atoms. The number of Topliss-reactive ketones (excluding diaryl/α,β-unsaturated/α-hetero) is 2. The van der Waals surface area contributed by atoms with Gasteiger partial charge in [-0.15, -0.1) is 0 Å². The third-order valence-electron chi connectivity index (χ3n) is 26.2. The fourth-order valence-corrected chi connectivity index (χ4v) is 22.3. The van der Waals surface area contributed by atoms with Gasteiger partial charge >= 0.3 is 0 Å². The monoisotopic (exact) mass is 1020 g/mol. The number of rotatable bonds is 7. The minimum atomic E-state index is -0.714. The van der Waals surface area contributed by atoms with E-state index in [0.717, 1.165) is 108 Å². The molecule has 0 amide bonds. The zero-order valence-corrected chi connectivity index (χ0v) is 47.1. The van der Waals surface area contributed by atoms with Crippen molar-refractivity contribution in [1.29, 1.82) is 0 Å². The van der Waals surface area contributed by atoms with Gasteiger partial charge in [-0.25, -0.2) is 0 Å². The molecule has 1 spiro atoms. The fraction of sp³-hybridized carbons (Fsp3) is 0.761. The average Bonchev–Trinajstić information content (AvgIpc) is 4.17. The molecule has 8 nitrogen and oxygen atoms in total. The van der Waals surface area contributed by atoms with Crippen molar-refractivity contribution in [3.8, 4) is 0 Å². The molecule has 8 heteroatoms. The number of nitrogens with one attached hydrogen (secondary N) is 1. The number of benzene rings is 1. The third-order valence-corrected chi connectivity index (χ3v) is 26.2. The summed E-state index contributed by atoms with van der Waals surface area (Å²) in [5.74, 6) is 2.98. The summed E-state index contributed by atoms with van der Waals surface area (Å²) in [4.78, 5) is 34.9. The number of aryl methyl sites for hydroxylation is 1. The summed E-state index contributed by atoms with van der Waals surface area (Å²) in [6, 6.07) is 5.27. The van der Waals surface area contributed by atoms with E-state index in [0.29, 0.717) is 49.3 Å². The zero-order valence-electron chi connectivity index (χ0n) is 47.1. The molecule has 1 aromatic carbocycles. The van der Waals surface area contributed by atoms with Crippen LogP contribution in [0.2, 0.25) is 0 Å². The molecule has 406 valence electrons. The second-order valence-electron chi connectivity index (χ2n) is 29.8. The highest BCUT2D eigenvalue weighted by molar-refractivity contribution is 6.02. The van der Waals surface area contributed by atoms with Crippen molar-refractivity contribution < 1.29 is 29.3 Å². The maximum absolute atomic E-state index is 15.8. The van der Waals surface area contributed by atoms with Crippen molar-refractivity contribution in [2.24, 2.45) is 62.1 Å². The van der Waals surface area contributed by atoms with Crippen molar-refractivity contribution in [3.63, 3.8) is 0 Å². The lowest BCUT2D eigenvalue weighted by Gasteiger charge is -2.74. The molecular weight excluding hydrogens is 929 g/mol. The van der Waals surface area contributed by atoms with E-state index in [2.05, 4.69) is 82.5 Å². The number of epoxide rings is 1. The number of aliphatic hydroxyl groups is 2. The van der Waals surface area contributed by atoms with E-state index in [-0.39, 0.29) is 45.9 Å². The van der Waals surface area contributed by atoms with E-state index in [9.17, 15) is 10.2 Å². The van der Waals surface area contributed by atoms with Gasteiger partial charge in [0.1, 0.15) is 11.9 Å². The number of fused-ring (bicyclic) bond motifs is 8. The standard InChI is InChI=1S/C67H92N2O6/c1-61(2)60(75-61)51(71)33-62(3)26-20-42-36-68-56-43(30-39-31-47(41-22-28-74-29-23-41)46-19-18-40-14-8-11-17-45(40)48(46)32-39)37-69(57(42)56)38-49-54-55(62)50(70)34-64(54,5)63(4)27-21-52-65(6,44-15-9-10-16-44)53(72)35-67(24-12-13-25-67)66(52,7)59(63)58(49)73/h31-32,36-37,40-41,44-45,49,51-52,58-60,68,71,73H,8-30,33-35,38H2,1-7H3/t40-,45-,49+,51+,52-,58+,59-,60+,62-,63-,64-,65-,66+/m0/s1. The van der Waals surface area contributed by atoms with Crippen LogP contribution >= 0.6 is 0 Å². The largest absolute Gasteiger partial charge is 0.392 e. The lowest BCUT2D eigenvalue weighted by molar-refractivity contribution is -0.266. The highest BCUT2D eigenvalue weighted by atomic mass is 16.6. The maximum Gasteiger partial charge on any atom is 0.160 e. The van der Waals surface area contributed by atoms with Gasteiger partial charge in [-0.05, 0) is 206 Å². The Labute approximate surface area is 448 Å². The predicted octanol–water partition coefficient (Wildman–Crippen LogP) is 13.6. The summed E-state index contributed by atoms with van der Waals surface area (Å²) in [5.41, 5.74) is 10.8. The normalized spacial score (nSPS) is 41.6. The highest BCUT2D eigenvalue weighted by Gasteiger charge is 2.78. The van der Waals surface area contributed by atoms with Gasteiger partial charge in [0, 0.05) is 73.7 Å². The molecule has 13 atom stereocenters. The minimum absolute atomic E-state index is 0.0824. The highest BCUT2D eigenvalue weighted by Crippen LogP contribution is 2.81. The van der Waals surface area contributed by atoms with E-state index in [4.69, 9.17) is 9.47 Å². The third kappa shape index (κ3) is 6.97. The Hall–Kier alpha value is -3.04. The first kappa shape index (κ1) is 50.2. The van der Waals surface area contributed by atoms with Crippen LogP contribution in [0.4, 0.5) is 0 Å². The molecule has 8 aliphatic carbocycles. The molecule has 14 rings (SSSR count). The first-order valence-corrected chi connectivity index (χ1v) is 31.1. The predicted molar refractivity (Wildman–Crippen MR) is 295 cm³/mol. The SMILES string of the molecule is CC1(C)O[C@@H]1[C@H](O)C[C@]1(C)CCc2c[nH]c3c(Cc4cc(C5CCOCC5)c5c(c4)[C@H]4CCCC[C@H]4CC5)cn(c23)C[C@@H]2C3=C1C(=O)C[C@]3(C)[C@@]1(C)CC[C@@H]3[C@](C)([C@H]1[C@@H]2O)C1(CCCC1)CC(=O)[C@@]3(C)C1CCCC1. The van der Waals surface area contributed by atoms with Gasteiger partial charge in [-0.2, -0.15) is 0 Å². The molecule has 11 aliphatic rings. The number of aliphatic hydroxyl groups excluding tert-OH is 2. The molecule has 8 fully saturated rings. The van der Waals surface area contributed by atoms with Crippen LogP contribution in [0.1, 0.15) is 229 Å². The molecule has 0 radical (unpaired) electrons. The van der Waals surface area contributed by atoms with Crippen molar-refractivity contribution in [1.82, 2.24) is 9.55 Å². The molecule has 5 heterocycles. The van der Waals surface area contributed by atoms with Gasteiger partial charge in [0.05, 0.1) is 28.8 Å². The number of H-pyrrole nitrogens is 1. The molecular formula is C67H92N2O6. The molecule has 3 aliphatic heterocycles. The smallest absolute Gasteiger partial charge is 0.160 e. The zero-order chi connectivity index (χ0) is 51.8. The quantitative estimate of drug-likeness (QED) is 0.203. The number of ether oxygens (including phenoxy) is 2. The first-order valence-electron chi connectivity index (χ1n) is 31.1. The van der Waals surface area contributed by atoms with Crippen molar-refractivity contribution >= 4 is 22.6 Å². The van der Waals surface area contributed by atoms with Crippen LogP contribution in [0.15, 0.2) is 35.7 Å². The molecule has 2 aromatic heterocycles. The molecule has 3 N–H and O–H groups in total. The molecule has 0 unspecified atom stereocenters. The fourth-order valence-electron chi connectivity index (χ4n) is 22.3. The number of hydrogen-bond donors (Lipinski definition) is 3. The van der Waals surface area contributed by atoms with Crippen molar-refractivity contribution in [2.75, 3.05) is 13.2 Å².